The van der Waals surface area contributed by atoms with Gasteiger partial charge in [-0.3, -0.25) is 28.8 Å². The lowest BCUT2D eigenvalue weighted by atomic mass is 9.96. The first-order valence-corrected chi connectivity index (χ1v) is 18.9. The third-order valence-electron chi connectivity index (χ3n) is 10.1. The number of hydrogen-bond acceptors (Lipinski definition) is 8. The summed E-state index contributed by atoms with van der Waals surface area (Å²) >= 11 is 0. The second-order valence-corrected chi connectivity index (χ2v) is 15.0. The van der Waals surface area contributed by atoms with Crippen LogP contribution in [-0.4, -0.2) is 112 Å². The molecule has 15 nitrogen and oxygen atoms in total. The summed E-state index contributed by atoms with van der Waals surface area (Å²) in [5, 5.41) is 20.7. The lowest BCUT2D eigenvalue weighted by molar-refractivity contribution is -0.144. The third-order valence-corrected chi connectivity index (χ3v) is 10.1. The first kappa shape index (κ1) is 42.9. The summed E-state index contributed by atoms with van der Waals surface area (Å²) in [6.45, 7) is 11.2. The van der Waals surface area contributed by atoms with Crippen LogP contribution >= 0.6 is 0 Å². The third kappa shape index (κ3) is 11.7. The first-order valence-electron chi connectivity index (χ1n) is 18.9. The smallest absolute Gasteiger partial charge is 0.326 e. The topological polar surface area (TPSA) is 220 Å². The number of carbonyl (C=O) groups is 7. The zero-order chi connectivity index (χ0) is 39.4. The molecule has 1 aromatic rings. The summed E-state index contributed by atoms with van der Waals surface area (Å²) in [5.41, 5.74) is 6.38. The van der Waals surface area contributed by atoms with Crippen molar-refractivity contribution >= 4 is 41.4 Å². The quantitative estimate of drug-likeness (QED) is 0.126. The number of aliphatic carboxylic acids is 1. The van der Waals surface area contributed by atoms with Crippen LogP contribution in [0.25, 0.3) is 0 Å². The van der Waals surface area contributed by atoms with Crippen molar-refractivity contribution in [3.63, 3.8) is 0 Å². The van der Waals surface area contributed by atoms with Crippen molar-refractivity contribution in [3.05, 3.63) is 35.9 Å². The van der Waals surface area contributed by atoms with E-state index in [-0.39, 0.29) is 43.7 Å². The van der Waals surface area contributed by atoms with Gasteiger partial charge in [0.15, 0.2) is 0 Å². The average Bonchev–Trinajstić information content (AvgIpc) is 3.82. The molecule has 7 atom stereocenters. The molecule has 0 spiro atoms. The lowest BCUT2D eigenvalue weighted by Crippen LogP contribution is -2.60. The van der Waals surface area contributed by atoms with Crippen LogP contribution in [0.2, 0.25) is 0 Å². The Kier molecular flexibility index (Phi) is 16.2. The highest BCUT2D eigenvalue weighted by molar-refractivity contribution is 5.97. The second kappa shape index (κ2) is 20.1. The van der Waals surface area contributed by atoms with Gasteiger partial charge >= 0.3 is 5.97 Å². The summed E-state index contributed by atoms with van der Waals surface area (Å²) in [4.78, 5) is 96.0. The predicted molar refractivity (Wildman–Crippen MR) is 198 cm³/mol. The van der Waals surface area contributed by atoms with Gasteiger partial charge in [-0.05, 0) is 55.4 Å². The molecule has 0 unspecified atom stereocenters. The SMILES string of the molecule is CC[C@H](C)[C@H](NC(=O)[C@@H]1CCCN1C(=O)[C@H](Cc1ccccc1)NC(=O)[C@@H]1CCCN1C(=O)CN)C(=O)N[C@@H](CC(C)C)C(=O)N[C@H](C(=O)O)C(C)C. The highest BCUT2D eigenvalue weighted by atomic mass is 16.4. The normalized spacial score (nSPS) is 19.9. The zero-order valence-electron chi connectivity index (χ0n) is 31.9. The van der Waals surface area contributed by atoms with Crippen molar-refractivity contribution in [1.29, 1.82) is 0 Å². The van der Waals surface area contributed by atoms with Gasteiger partial charge in [-0.15, -0.1) is 0 Å². The highest BCUT2D eigenvalue weighted by Gasteiger charge is 2.42. The second-order valence-electron chi connectivity index (χ2n) is 15.0. The maximum Gasteiger partial charge on any atom is 0.326 e. The minimum atomic E-state index is -1.18. The van der Waals surface area contributed by atoms with E-state index >= 15 is 0 Å². The van der Waals surface area contributed by atoms with Crippen molar-refractivity contribution in [2.75, 3.05) is 19.6 Å². The fourth-order valence-corrected chi connectivity index (χ4v) is 6.96. The fraction of sp³-hybridized carbons (Fsp3) is 0.658. The highest BCUT2D eigenvalue weighted by Crippen LogP contribution is 2.23. The maximum atomic E-state index is 14.3. The molecule has 2 fully saturated rings. The van der Waals surface area contributed by atoms with Crippen molar-refractivity contribution in [1.82, 2.24) is 31.1 Å². The number of rotatable bonds is 18. The number of nitrogens with zero attached hydrogens (tertiary/aromatic N) is 2. The number of carboxylic acids is 1. The lowest BCUT2D eigenvalue weighted by Gasteiger charge is -2.32. The van der Waals surface area contributed by atoms with Crippen LogP contribution in [0.3, 0.4) is 0 Å². The van der Waals surface area contributed by atoms with Crippen LogP contribution < -0.4 is 27.0 Å². The summed E-state index contributed by atoms with van der Waals surface area (Å²) in [6.07, 6.45) is 2.83. The molecule has 6 amide bonds. The monoisotopic (exact) mass is 741 g/mol. The Bertz CT molecular complexity index is 1450. The molecule has 2 aliphatic rings. The molecule has 15 heteroatoms. The fourth-order valence-electron chi connectivity index (χ4n) is 6.96. The van der Waals surface area contributed by atoms with E-state index in [9.17, 15) is 38.7 Å². The van der Waals surface area contributed by atoms with Crippen LogP contribution in [0.1, 0.15) is 85.6 Å². The van der Waals surface area contributed by atoms with E-state index in [0.29, 0.717) is 38.6 Å². The Morgan fingerprint density at radius 2 is 1.36 bits per heavy atom. The van der Waals surface area contributed by atoms with E-state index in [1.165, 1.54) is 9.80 Å². The van der Waals surface area contributed by atoms with Crippen molar-refractivity contribution < 1.29 is 38.7 Å². The number of hydrogen-bond donors (Lipinski definition) is 6. The summed E-state index contributed by atoms with van der Waals surface area (Å²) in [7, 11) is 0. The number of carbonyl (C=O) groups excluding carboxylic acids is 6. The Morgan fingerprint density at radius 1 is 0.774 bits per heavy atom. The van der Waals surface area contributed by atoms with Gasteiger partial charge < -0.3 is 41.9 Å². The molecule has 0 aromatic heterocycles. The number of likely N-dealkylation sites (tertiary alicyclic amines) is 2. The molecule has 1 aromatic carbocycles. The molecule has 53 heavy (non-hydrogen) atoms. The van der Waals surface area contributed by atoms with E-state index in [1.807, 2.05) is 51.1 Å². The van der Waals surface area contributed by atoms with Crippen LogP contribution in [0.15, 0.2) is 30.3 Å². The predicted octanol–water partition coefficient (Wildman–Crippen LogP) is 0.942. The van der Waals surface area contributed by atoms with Gasteiger partial charge in [-0.2, -0.15) is 0 Å². The largest absolute Gasteiger partial charge is 0.480 e. The van der Waals surface area contributed by atoms with Crippen LogP contribution in [0.4, 0.5) is 0 Å². The van der Waals surface area contributed by atoms with E-state index in [1.54, 1.807) is 20.8 Å². The number of nitrogens with one attached hydrogen (secondary N) is 4. The Labute approximate surface area is 312 Å². The van der Waals surface area contributed by atoms with Gasteiger partial charge in [-0.1, -0.05) is 78.3 Å². The first-order chi connectivity index (χ1) is 25.1. The van der Waals surface area contributed by atoms with Gasteiger partial charge in [0.05, 0.1) is 6.54 Å². The van der Waals surface area contributed by atoms with E-state index in [4.69, 9.17) is 5.73 Å². The summed E-state index contributed by atoms with van der Waals surface area (Å²) < 4.78 is 0. The molecule has 0 bridgehead atoms. The molecular formula is C38H59N7O8. The Hall–Kier alpha value is -4.53. The number of benzene rings is 1. The van der Waals surface area contributed by atoms with Crippen LogP contribution in [0.5, 0.6) is 0 Å². The number of nitrogens with two attached hydrogens (primary N) is 1. The Balaban J connectivity index is 1.81. The number of carboxylic acid groups (broad SMARTS) is 1. The average molecular weight is 742 g/mol. The molecule has 2 saturated heterocycles. The van der Waals surface area contributed by atoms with Gasteiger partial charge in [0.25, 0.3) is 0 Å². The Morgan fingerprint density at radius 3 is 1.91 bits per heavy atom. The molecule has 7 N–H and O–H groups in total. The molecule has 2 heterocycles. The van der Waals surface area contributed by atoms with Gasteiger partial charge in [0.1, 0.15) is 36.3 Å². The minimum absolute atomic E-state index is 0.0229. The molecule has 0 radical (unpaired) electrons. The van der Waals surface area contributed by atoms with Crippen molar-refractivity contribution in [2.45, 2.75) is 123 Å². The summed E-state index contributed by atoms with van der Waals surface area (Å²) in [6, 6.07) is 3.22. The number of amides is 6. The molecule has 0 aliphatic carbocycles. The molecule has 3 rings (SSSR count). The standard InChI is InChI=1S/C38H59N7O8/c1-7-24(6)32(36(50)40-26(19-22(2)3)33(47)42-31(23(4)5)38(52)53)43-35(49)29-16-12-18-45(29)37(51)27(20-25-13-9-8-10-14-25)41-34(48)28-15-11-17-44(28)30(46)21-39/h8-10,13-14,22-24,26-29,31-32H,7,11-12,15-21,39H2,1-6H3,(H,40,50)(H,41,48)(H,42,47)(H,43,49)(H,52,53)/t24-,26-,27-,28-,29-,31-,32-/m0/s1. The van der Waals surface area contributed by atoms with Crippen molar-refractivity contribution in [2.24, 2.45) is 23.5 Å². The van der Waals surface area contributed by atoms with Crippen molar-refractivity contribution in [3.8, 4) is 0 Å². The van der Waals surface area contributed by atoms with E-state index < -0.39 is 77.7 Å². The minimum Gasteiger partial charge on any atom is -0.480 e. The zero-order valence-corrected chi connectivity index (χ0v) is 31.9. The van der Waals surface area contributed by atoms with Crippen LogP contribution in [0, 0.1) is 17.8 Å². The molecule has 294 valence electrons. The molecular weight excluding hydrogens is 682 g/mol. The van der Waals surface area contributed by atoms with Gasteiger partial charge in [0, 0.05) is 19.5 Å². The van der Waals surface area contributed by atoms with E-state index in [0.717, 1.165) is 5.56 Å². The van der Waals surface area contributed by atoms with Gasteiger partial charge in [0.2, 0.25) is 35.4 Å². The maximum absolute atomic E-state index is 14.3. The van der Waals surface area contributed by atoms with Crippen LogP contribution in [-0.2, 0) is 40.0 Å². The molecule has 2 aliphatic heterocycles. The van der Waals surface area contributed by atoms with Gasteiger partial charge in [-0.25, -0.2) is 4.79 Å². The summed E-state index contributed by atoms with van der Waals surface area (Å²) in [5.74, 6) is -4.98. The van der Waals surface area contributed by atoms with E-state index in [2.05, 4.69) is 21.3 Å². The molecule has 0 saturated carbocycles.